The van der Waals surface area contributed by atoms with Crippen molar-refractivity contribution in [1.82, 2.24) is 0 Å². The Balaban J connectivity index is 2.25. The second-order valence-electron chi connectivity index (χ2n) is 4.21. The Morgan fingerprint density at radius 2 is 2.00 bits per heavy atom. The van der Waals surface area contributed by atoms with Crippen LogP contribution in [0.15, 0.2) is 29.8 Å². The van der Waals surface area contributed by atoms with Gasteiger partial charge in [0.15, 0.2) is 6.29 Å². The number of hydrogen-bond acceptors (Lipinski definition) is 2. The van der Waals surface area contributed by atoms with Crippen LogP contribution in [0.3, 0.4) is 0 Å². The predicted octanol–water partition coefficient (Wildman–Crippen LogP) is 3.34. The molecule has 0 bridgehead atoms. The Morgan fingerprint density at radius 3 is 2.53 bits per heavy atom. The van der Waals surface area contributed by atoms with Gasteiger partial charge in [0.05, 0.1) is 11.3 Å². The second kappa shape index (κ2) is 5.03. The SMILES string of the molecule is O=Cc1c(F)cccc1N1CC=C(C(F)(F)F)CC1. The first kappa shape index (κ1) is 13.6. The molecule has 0 fully saturated rings. The quantitative estimate of drug-likeness (QED) is 0.468. The summed E-state index contributed by atoms with van der Waals surface area (Å²) in [4.78, 5) is 12.4. The van der Waals surface area contributed by atoms with Crippen LogP contribution in [0.2, 0.25) is 0 Å². The molecule has 19 heavy (non-hydrogen) atoms. The van der Waals surface area contributed by atoms with E-state index < -0.39 is 17.6 Å². The van der Waals surface area contributed by atoms with Crippen LogP contribution in [-0.4, -0.2) is 25.6 Å². The van der Waals surface area contributed by atoms with Gasteiger partial charge in [0.2, 0.25) is 0 Å². The smallest absolute Gasteiger partial charge is 0.367 e. The fourth-order valence-corrected chi connectivity index (χ4v) is 2.06. The summed E-state index contributed by atoms with van der Waals surface area (Å²) in [6, 6.07) is 4.11. The van der Waals surface area contributed by atoms with Crippen molar-refractivity contribution in [2.24, 2.45) is 0 Å². The topological polar surface area (TPSA) is 20.3 Å². The molecule has 0 aromatic heterocycles. The number of carbonyl (C=O) groups excluding carboxylic acids is 1. The molecule has 0 atom stereocenters. The predicted molar refractivity (Wildman–Crippen MR) is 62.8 cm³/mol. The molecule has 0 amide bonds. The number of nitrogens with zero attached hydrogens (tertiary/aromatic N) is 1. The average Bonchev–Trinajstić information content (AvgIpc) is 2.37. The van der Waals surface area contributed by atoms with Gasteiger partial charge in [-0.15, -0.1) is 0 Å². The summed E-state index contributed by atoms with van der Waals surface area (Å²) in [6.07, 6.45) is -3.03. The zero-order valence-corrected chi connectivity index (χ0v) is 9.88. The Labute approximate surface area is 107 Å². The van der Waals surface area contributed by atoms with Gasteiger partial charge in [0.25, 0.3) is 0 Å². The maximum absolute atomic E-state index is 13.4. The van der Waals surface area contributed by atoms with Crippen molar-refractivity contribution in [3.05, 3.63) is 41.2 Å². The molecular weight excluding hydrogens is 262 g/mol. The summed E-state index contributed by atoms with van der Waals surface area (Å²) in [5.41, 5.74) is -0.369. The number of aldehydes is 1. The maximum Gasteiger partial charge on any atom is 0.412 e. The van der Waals surface area contributed by atoms with Crippen molar-refractivity contribution in [3.8, 4) is 0 Å². The van der Waals surface area contributed by atoms with Crippen molar-refractivity contribution in [2.45, 2.75) is 12.6 Å². The number of benzene rings is 1. The molecule has 0 radical (unpaired) electrons. The Bertz CT molecular complexity index is 522. The Morgan fingerprint density at radius 1 is 1.26 bits per heavy atom. The van der Waals surface area contributed by atoms with Gasteiger partial charge in [-0.1, -0.05) is 12.1 Å². The van der Waals surface area contributed by atoms with E-state index in [1.165, 1.54) is 12.1 Å². The largest absolute Gasteiger partial charge is 0.412 e. The van der Waals surface area contributed by atoms with E-state index in [9.17, 15) is 22.4 Å². The lowest BCUT2D eigenvalue weighted by molar-refractivity contribution is -0.0944. The third-order valence-electron chi connectivity index (χ3n) is 3.06. The van der Waals surface area contributed by atoms with Gasteiger partial charge < -0.3 is 4.90 Å². The van der Waals surface area contributed by atoms with Crippen molar-refractivity contribution >= 4 is 12.0 Å². The van der Waals surface area contributed by atoms with E-state index in [1.54, 1.807) is 4.90 Å². The van der Waals surface area contributed by atoms with Gasteiger partial charge in [0.1, 0.15) is 5.82 Å². The summed E-state index contributed by atoms with van der Waals surface area (Å²) in [6.45, 7) is 0.120. The van der Waals surface area contributed by atoms with E-state index in [0.29, 0.717) is 12.0 Å². The standard InChI is InChI=1S/C13H11F4NO/c14-11-2-1-3-12(10(11)8-19)18-6-4-9(5-7-18)13(15,16)17/h1-4,8H,5-7H2. The fraction of sp³-hybridized carbons (Fsp3) is 0.308. The van der Waals surface area contributed by atoms with Crippen molar-refractivity contribution in [3.63, 3.8) is 0 Å². The highest BCUT2D eigenvalue weighted by Crippen LogP contribution is 2.32. The normalized spacial score (nSPS) is 16.2. The van der Waals surface area contributed by atoms with Crippen LogP contribution in [0.5, 0.6) is 0 Å². The number of alkyl halides is 3. The van der Waals surface area contributed by atoms with E-state index in [1.807, 2.05) is 0 Å². The summed E-state index contributed by atoms with van der Waals surface area (Å²) < 4.78 is 50.9. The van der Waals surface area contributed by atoms with E-state index in [-0.39, 0.29) is 25.1 Å². The number of anilines is 1. The first-order chi connectivity index (χ1) is 8.93. The molecule has 2 nitrogen and oxygen atoms in total. The van der Waals surface area contributed by atoms with Crippen molar-refractivity contribution in [2.75, 3.05) is 18.0 Å². The van der Waals surface area contributed by atoms with E-state index in [2.05, 4.69) is 0 Å². The van der Waals surface area contributed by atoms with Crippen molar-refractivity contribution in [1.29, 1.82) is 0 Å². The summed E-state index contributed by atoms with van der Waals surface area (Å²) in [5, 5.41) is 0. The number of rotatable bonds is 2. The molecule has 1 heterocycles. The van der Waals surface area contributed by atoms with Crippen LogP contribution in [-0.2, 0) is 0 Å². The lowest BCUT2D eigenvalue weighted by atomic mass is 10.1. The minimum Gasteiger partial charge on any atom is -0.367 e. The lowest BCUT2D eigenvalue weighted by Crippen LogP contribution is -2.32. The van der Waals surface area contributed by atoms with E-state index >= 15 is 0 Å². The first-order valence-corrected chi connectivity index (χ1v) is 5.68. The van der Waals surface area contributed by atoms with Gasteiger partial charge in [-0.3, -0.25) is 4.79 Å². The Kier molecular flexibility index (Phi) is 3.59. The van der Waals surface area contributed by atoms with Gasteiger partial charge in [-0.25, -0.2) is 4.39 Å². The molecule has 0 aliphatic carbocycles. The van der Waals surface area contributed by atoms with Crippen LogP contribution in [0.1, 0.15) is 16.8 Å². The second-order valence-corrected chi connectivity index (χ2v) is 4.21. The maximum atomic E-state index is 13.4. The molecule has 1 aliphatic rings. The molecule has 102 valence electrons. The fourth-order valence-electron chi connectivity index (χ4n) is 2.06. The molecule has 0 unspecified atom stereocenters. The van der Waals surface area contributed by atoms with Gasteiger partial charge in [0, 0.05) is 18.7 Å². The third kappa shape index (κ3) is 2.77. The van der Waals surface area contributed by atoms with Crippen LogP contribution in [0.25, 0.3) is 0 Å². The molecule has 0 saturated carbocycles. The summed E-state index contributed by atoms with van der Waals surface area (Å²) >= 11 is 0. The molecule has 0 spiro atoms. The van der Waals surface area contributed by atoms with E-state index in [4.69, 9.17) is 0 Å². The molecule has 1 aromatic rings. The minimum atomic E-state index is -4.32. The lowest BCUT2D eigenvalue weighted by Gasteiger charge is -2.30. The van der Waals surface area contributed by atoms with Crippen LogP contribution >= 0.6 is 0 Å². The summed E-state index contributed by atoms with van der Waals surface area (Å²) in [7, 11) is 0. The van der Waals surface area contributed by atoms with Gasteiger partial charge in [-0.2, -0.15) is 13.2 Å². The summed E-state index contributed by atoms with van der Waals surface area (Å²) in [5.74, 6) is -0.668. The molecule has 0 saturated heterocycles. The number of carbonyl (C=O) groups is 1. The van der Waals surface area contributed by atoms with Gasteiger partial charge >= 0.3 is 6.18 Å². The molecule has 1 aromatic carbocycles. The number of hydrogen-bond donors (Lipinski definition) is 0. The zero-order valence-electron chi connectivity index (χ0n) is 9.88. The minimum absolute atomic E-state index is 0.0130. The Hall–Kier alpha value is -1.85. The van der Waals surface area contributed by atoms with Crippen molar-refractivity contribution < 1.29 is 22.4 Å². The van der Waals surface area contributed by atoms with Crippen LogP contribution < -0.4 is 4.90 Å². The average molecular weight is 273 g/mol. The van der Waals surface area contributed by atoms with Crippen LogP contribution in [0.4, 0.5) is 23.2 Å². The molecule has 1 aliphatic heterocycles. The van der Waals surface area contributed by atoms with Crippen LogP contribution in [0, 0.1) is 5.82 Å². The highest BCUT2D eigenvalue weighted by atomic mass is 19.4. The van der Waals surface area contributed by atoms with Gasteiger partial charge in [-0.05, 0) is 18.6 Å². The third-order valence-corrected chi connectivity index (χ3v) is 3.06. The highest BCUT2D eigenvalue weighted by Gasteiger charge is 2.35. The van der Waals surface area contributed by atoms with E-state index in [0.717, 1.165) is 12.1 Å². The number of halogens is 4. The molecule has 6 heteroatoms. The monoisotopic (exact) mass is 273 g/mol. The zero-order chi connectivity index (χ0) is 14.0. The molecular formula is C13H11F4NO. The first-order valence-electron chi connectivity index (χ1n) is 5.68. The highest BCUT2D eigenvalue weighted by molar-refractivity contribution is 5.85. The molecule has 0 N–H and O–H groups in total. The molecule has 2 rings (SSSR count).